The molecule has 0 atom stereocenters. The smallest absolute Gasteiger partial charge is 0.266 e. The summed E-state index contributed by atoms with van der Waals surface area (Å²) < 4.78 is 1.98. The van der Waals surface area contributed by atoms with Gasteiger partial charge in [-0.1, -0.05) is 18.2 Å². The molecule has 1 aromatic carbocycles. The van der Waals surface area contributed by atoms with Crippen molar-refractivity contribution in [3.63, 3.8) is 0 Å². The first-order valence-corrected chi connectivity index (χ1v) is 7.89. The molecular weight excluding hydrogens is 372 g/mol. The van der Waals surface area contributed by atoms with Gasteiger partial charge in [0.25, 0.3) is 11.5 Å². The molecule has 2 aromatic heterocycles. The molecule has 0 aliphatic carbocycles. The zero-order valence-electron chi connectivity index (χ0n) is 12.7. The molecule has 0 bridgehead atoms. The fourth-order valence-corrected chi connectivity index (χ4v) is 2.56. The van der Waals surface area contributed by atoms with E-state index in [1.54, 1.807) is 31.4 Å². The fraction of sp³-hybridized carbons (Fsp3) is 0.0588. The molecule has 6 nitrogen and oxygen atoms in total. The minimum Gasteiger partial charge on any atom is -0.321 e. The number of benzene rings is 1. The monoisotopic (exact) mass is 384 g/mol. The second-order valence-corrected chi connectivity index (χ2v) is 5.99. The highest BCUT2D eigenvalue weighted by Gasteiger charge is 2.12. The van der Waals surface area contributed by atoms with Gasteiger partial charge < -0.3 is 5.32 Å². The van der Waals surface area contributed by atoms with Crippen LogP contribution in [0.15, 0.2) is 64.1 Å². The zero-order chi connectivity index (χ0) is 17.1. The third-order valence-corrected chi connectivity index (χ3v) is 3.81. The summed E-state index contributed by atoms with van der Waals surface area (Å²) >= 11 is 3.30. The average molecular weight is 385 g/mol. The van der Waals surface area contributed by atoms with Crippen molar-refractivity contribution in [1.82, 2.24) is 14.8 Å². The minimum absolute atomic E-state index is 0.194. The number of halogens is 1. The molecule has 0 fully saturated rings. The molecule has 2 heterocycles. The molecule has 1 N–H and O–H groups in total. The van der Waals surface area contributed by atoms with Gasteiger partial charge in [-0.05, 0) is 34.1 Å². The van der Waals surface area contributed by atoms with Crippen molar-refractivity contribution < 1.29 is 4.79 Å². The molecule has 0 spiro atoms. The summed E-state index contributed by atoms with van der Waals surface area (Å²) in [6.45, 7) is 0. The van der Waals surface area contributed by atoms with Crippen LogP contribution in [-0.2, 0) is 7.05 Å². The third kappa shape index (κ3) is 3.41. The van der Waals surface area contributed by atoms with E-state index in [1.165, 1.54) is 16.9 Å². The zero-order valence-corrected chi connectivity index (χ0v) is 14.3. The molecule has 0 saturated heterocycles. The molecule has 0 saturated carbocycles. The van der Waals surface area contributed by atoms with Gasteiger partial charge in [0.1, 0.15) is 0 Å². The summed E-state index contributed by atoms with van der Waals surface area (Å²) in [4.78, 5) is 27.9. The number of anilines is 1. The quantitative estimate of drug-likeness (QED) is 0.752. The number of carbonyl (C=O) groups is 1. The highest BCUT2D eigenvalue weighted by Crippen LogP contribution is 2.26. The lowest BCUT2D eigenvalue weighted by Gasteiger charge is -2.11. The highest BCUT2D eigenvalue weighted by atomic mass is 79.9. The molecular formula is C17H13BrN4O2. The summed E-state index contributed by atoms with van der Waals surface area (Å²) in [5.74, 6) is -0.277. The Bertz CT molecular complexity index is 969. The van der Waals surface area contributed by atoms with Crippen LogP contribution >= 0.6 is 15.9 Å². The Kier molecular flexibility index (Phi) is 4.52. The van der Waals surface area contributed by atoms with Gasteiger partial charge in [0, 0.05) is 35.5 Å². The number of hydrogen-bond acceptors (Lipinski definition) is 4. The second kappa shape index (κ2) is 6.76. The maximum Gasteiger partial charge on any atom is 0.266 e. The number of aryl methyl sites for hydroxylation is 1. The number of rotatable bonds is 3. The highest BCUT2D eigenvalue weighted by molar-refractivity contribution is 9.10. The number of pyridine rings is 1. The minimum atomic E-state index is -0.277. The first-order chi connectivity index (χ1) is 11.5. The van der Waals surface area contributed by atoms with E-state index in [0.717, 1.165) is 10.0 Å². The summed E-state index contributed by atoms with van der Waals surface area (Å²) in [6, 6.07) is 12.0. The summed E-state index contributed by atoms with van der Waals surface area (Å²) in [7, 11) is 1.58. The Morgan fingerprint density at radius 1 is 1.17 bits per heavy atom. The lowest BCUT2D eigenvalue weighted by molar-refractivity contribution is 0.102. The van der Waals surface area contributed by atoms with Crippen molar-refractivity contribution in [3.05, 3.63) is 75.2 Å². The largest absolute Gasteiger partial charge is 0.321 e. The van der Waals surface area contributed by atoms with Crippen LogP contribution in [0.2, 0.25) is 0 Å². The Hall–Kier alpha value is -2.80. The van der Waals surface area contributed by atoms with Gasteiger partial charge in [0.15, 0.2) is 0 Å². The summed E-state index contributed by atoms with van der Waals surface area (Å²) in [5.41, 5.74) is 2.17. The van der Waals surface area contributed by atoms with Gasteiger partial charge in [-0.25, -0.2) is 4.68 Å². The van der Waals surface area contributed by atoms with Crippen molar-refractivity contribution in [2.75, 3.05) is 5.32 Å². The molecule has 3 rings (SSSR count). The van der Waals surface area contributed by atoms with Crippen LogP contribution in [-0.4, -0.2) is 20.7 Å². The van der Waals surface area contributed by atoms with Crippen LogP contribution in [0.1, 0.15) is 10.4 Å². The van der Waals surface area contributed by atoms with Crippen molar-refractivity contribution >= 4 is 27.5 Å². The third-order valence-electron chi connectivity index (χ3n) is 3.38. The van der Waals surface area contributed by atoms with E-state index >= 15 is 0 Å². The van der Waals surface area contributed by atoms with Crippen LogP contribution in [0.5, 0.6) is 0 Å². The van der Waals surface area contributed by atoms with E-state index in [4.69, 9.17) is 0 Å². The van der Waals surface area contributed by atoms with Gasteiger partial charge in [0.05, 0.1) is 16.9 Å². The molecule has 0 radical (unpaired) electrons. The maximum atomic E-state index is 12.4. The number of carbonyl (C=O) groups excluding carboxylic acids is 1. The Balaban J connectivity index is 1.96. The van der Waals surface area contributed by atoms with Crippen molar-refractivity contribution in [2.45, 2.75) is 0 Å². The van der Waals surface area contributed by atoms with Gasteiger partial charge >= 0.3 is 0 Å². The van der Waals surface area contributed by atoms with E-state index < -0.39 is 0 Å². The lowest BCUT2D eigenvalue weighted by atomic mass is 10.1. The van der Waals surface area contributed by atoms with Crippen LogP contribution in [0, 0.1) is 0 Å². The molecule has 3 aromatic rings. The molecule has 7 heteroatoms. The molecule has 0 aliphatic rings. The van der Waals surface area contributed by atoms with E-state index in [0.29, 0.717) is 16.9 Å². The predicted octanol–water partition coefficient (Wildman–Crippen LogP) is 2.86. The number of amides is 1. The number of nitrogens with zero attached hydrogens (tertiary/aromatic N) is 3. The first-order valence-electron chi connectivity index (χ1n) is 7.10. The Morgan fingerprint density at radius 3 is 2.71 bits per heavy atom. The van der Waals surface area contributed by atoms with E-state index in [9.17, 15) is 9.59 Å². The van der Waals surface area contributed by atoms with E-state index in [1.807, 2.05) is 18.2 Å². The Labute approximate surface area is 146 Å². The van der Waals surface area contributed by atoms with Crippen LogP contribution < -0.4 is 10.9 Å². The molecule has 24 heavy (non-hydrogen) atoms. The van der Waals surface area contributed by atoms with Crippen LogP contribution in [0.3, 0.4) is 0 Å². The fourth-order valence-electron chi connectivity index (χ4n) is 2.19. The van der Waals surface area contributed by atoms with Gasteiger partial charge in [-0.3, -0.25) is 14.6 Å². The van der Waals surface area contributed by atoms with Gasteiger partial charge in [-0.2, -0.15) is 5.10 Å². The molecule has 0 unspecified atom stereocenters. The molecule has 0 aliphatic heterocycles. The van der Waals surface area contributed by atoms with Crippen LogP contribution in [0.25, 0.3) is 11.3 Å². The number of aromatic nitrogens is 3. The molecule has 120 valence electrons. The van der Waals surface area contributed by atoms with Crippen molar-refractivity contribution in [2.24, 2.45) is 7.05 Å². The SMILES string of the molecule is Cn1nc(-c2ccccc2NC(=O)c2cncc(Br)c2)ccc1=O. The summed E-state index contributed by atoms with van der Waals surface area (Å²) in [5, 5.41) is 7.09. The maximum absolute atomic E-state index is 12.4. The second-order valence-electron chi connectivity index (χ2n) is 5.07. The lowest BCUT2D eigenvalue weighted by Crippen LogP contribution is -2.18. The number of nitrogens with one attached hydrogen (secondary N) is 1. The predicted molar refractivity (Wildman–Crippen MR) is 94.8 cm³/mol. The van der Waals surface area contributed by atoms with Crippen LogP contribution in [0.4, 0.5) is 5.69 Å². The topological polar surface area (TPSA) is 76.9 Å². The van der Waals surface area contributed by atoms with E-state index in [-0.39, 0.29) is 11.5 Å². The van der Waals surface area contributed by atoms with Crippen molar-refractivity contribution in [1.29, 1.82) is 0 Å². The normalized spacial score (nSPS) is 10.4. The van der Waals surface area contributed by atoms with E-state index in [2.05, 4.69) is 31.3 Å². The van der Waals surface area contributed by atoms with Gasteiger partial charge in [-0.15, -0.1) is 0 Å². The average Bonchev–Trinajstić information content (AvgIpc) is 2.58. The standard InChI is InChI=1S/C17H13BrN4O2/c1-22-16(23)7-6-15(21-22)13-4-2-3-5-14(13)20-17(24)11-8-12(18)10-19-9-11/h2-10H,1H3,(H,20,24). The first kappa shape index (κ1) is 16.1. The molecule has 1 amide bonds. The summed E-state index contributed by atoms with van der Waals surface area (Å²) in [6.07, 6.45) is 3.10. The van der Waals surface area contributed by atoms with Gasteiger partial charge in [0.2, 0.25) is 0 Å². The Morgan fingerprint density at radius 2 is 1.96 bits per heavy atom. The number of para-hydroxylation sites is 1. The number of hydrogen-bond donors (Lipinski definition) is 1. The van der Waals surface area contributed by atoms with Crippen molar-refractivity contribution in [3.8, 4) is 11.3 Å².